The van der Waals surface area contributed by atoms with Crippen LogP contribution in [0.15, 0.2) is 47.6 Å². The topological polar surface area (TPSA) is 104 Å². The van der Waals surface area contributed by atoms with E-state index in [1.54, 1.807) is 18.3 Å². The number of hydrogen-bond acceptors (Lipinski definition) is 6. The number of thioether (sulfide) groups is 1. The third-order valence-corrected chi connectivity index (χ3v) is 4.19. The maximum absolute atomic E-state index is 12.3. The zero-order valence-electron chi connectivity index (χ0n) is 14.4. The Morgan fingerprint density at radius 3 is 2.50 bits per heavy atom. The van der Waals surface area contributed by atoms with Gasteiger partial charge >= 0.3 is 0 Å². The molecule has 2 amide bonds. The van der Waals surface area contributed by atoms with Crippen LogP contribution in [0.4, 0.5) is 0 Å². The van der Waals surface area contributed by atoms with Crippen LogP contribution in [-0.2, 0) is 4.79 Å². The van der Waals surface area contributed by atoms with Gasteiger partial charge < -0.3 is 20.5 Å². The number of hydrogen-bond donors (Lipinski definition) is 2. The van der Waals surface area contributed by atoms with Gasteiger partial charge in [0.2, 0.25) is 5.91 Å². The Balaban J connectivity index is 1.80. The number of pyridine rings is 1. The average Bonchev–Trinajstić information content (AvgIpc) is 2.65. The number of ether oxygens (including phenoxy) is 2. The smallest absolute Gasteiger partial charge is 0.254 e. The van der Waals surface area contributed by atoms with E-state index in [9.17, 15) is 9.59 Å². The number of amides is 2. The van der Waals surface area contributed by atoms with Gasteiger partial charge in [-0.05, 0) is 43.3 Å². The molecule has 0 atom stereocenters. The van der Waals surface area contributed by atoms with Gasteiger partial charge in [0.25, 0.3) is 5.91 Å². The molecule has 1 aromatic carbocycles. The number of aromatic nitrogens is 1. The lowest BCUT2D eigenvalue weighted by atomic mass is 10.2. The summed E-state index contributed by atoms with van der Waals surface area (Å²) in [6.07, 6.45) is 1.56. The summed E-state index contributed by atoms with van der Waals surface area (Å²) in [6.45, 7) is 3.19. The van der Waals surface area contributed by atoms with Gasteiger partial charge in [-0.3, -0.25) is 9.59 Å². The van der Waals surface area contributed by atoms with Crippen LogP contribution >= 0.6 is 11.8 Å². The van der Waals surface area contributed by atoms with E-state index in [4.69, 9.17) is 15.2 Å². The van der Waals surface area contributed by atoms with E-state index in [0.717, 1.165) is 17.5 Å². The molecule has 2 aromatic rings. The Kier molecular flexibility index (Phi) is 7.75. The highest BCUT2D eigenvalue weighted by atomic mass is 32.2. The lowest BCUT2D eigenvalue weighted by molar-refractivity contribution is -0.115. The Bertz CT molecular complexity index is 737. The molecule has 0 aliphatic heterocycles. The standard InChI is InChI=1S/C18H21N3O4S/c1-2-24-13-5-7-14(8-6-13)25-11-10-20-17(23)15-4-3-9-21-18(15)26-12-16(19)22/h3-9H,2,10-12H2,1H3,(H2,19,22)(H,20,23). The van der Waals surface area contributed by atoms with Gasteiger partial charge in [0.15, 0.2) is 0 Å². The van der Waals surface area contributed by atoms with Crippen LogP contribution in [0.1, 0.15) is 17.3 Å². The number of benzene rings is 1. The Morgan fingerprint density at radius 1 is 1.15 bits per heavy atom. The molecule has 8 heteroatoms. The fourth-order valence-electron chi connectivity index (χ4n) is 2.05. The van der Waals surface area contributed by atoms with Gasteiger partial charge in [-0.2, -0.15) is 0 Å². The third kappa shape index (κ3) is 6.29. The number of nitrogens with one attached hydrogen (secondary N) is 1. The molecule has 138 valence electrons. The third-order valence-electron chi connectivity index (χ3n) is 3.16. The van der Waals surface area contributed by atoms with E-state index in [2.05, 4.69) is 10.3 Å². The van der Waals surface area contributed by atoms with Crippen molar-refractivity contribution in [2.75, 3.05) is 25.5 Å². The fourth-order valence-corrected chi connectivity index (χ4v) is 2.78. The van der Waals surface area contributed by atoms with Gasteiger partial charge in [-0.1, -0.05) is 11.8 Å². The Hall–Kier alpha value is -2.74. The summed E-state index contributed by atoms with van der Waals surface area (Å²) in [7, 11) is 0. The number of carbonyl (C=O) groups excluding carboxylic acids is 2. The summed E-state index contributed by atoms with van der Waals surface area (Å²) >= 11 is 1.14. The highest BCUT2D eigenvalue weighted by molar-refractivity contribution is 8.00. The molecule has 0 fully saturated rings. The molecule has 1 heterocycles. The Labute approximate surface area is 156 Å². The molecule has 0 unspecified atom stereocenters. The van der Waals surface area contributed by atoms with Crippen molar-refractivity contribution in [3.05, 3.63) is 48.2 Å². The van der Waals surface area contributed by atoms with Gasteiger partial charge in [0, 0.05) is 6.20 Å². The van der Waals surface area contributed by atoms with E-state index in [1.165, 1.54) is 0 Å². The van der Waals surface area contributed by atoms with E-state index >= 15 is 0 Å². The fraction of sp³-hybridized carbons (Fsp3) is 0.278. The maximum atomic E-state index is 12.3. The monoisotopic (exact) mass is 375 g/mol. The molecule has 0 saturated carbocycles. The molecule has 0 aliphatic carbocycles. The largest absolute Gasteiger partial charge is 0.494 e. The van der Waals surface area contributed by atoms with Gasteiger partial charge in [-0.25, -0.2) is 4.98 Å². The van der Waals surface area contributed by atoms with Crippen molar-refractivity contribution in [2.24, 2.45) is 5.73 Å². The van der Waals surface area contributed by atoms with Crippen LogP contribution in [0.3, 0.4) is 0 Å². The van der Waals surface area contributed by atoms with E-state index in [1.807, 2.05) is 31.2 Å². The first-order valence-electron chi connectivity index (χ1n) is 8.10. The van der Waals surface area contributed by atoms with Crippen molar-refractivity contribution in [1.82, 2.24) is 10.3 Å². The predicted molar refractivity (Wildman–Crippen MR) is 99.6 cm³/mol. The van der Waals surface area contributed by atoms with Crippen LogP contribution in [-0.4, -0.2) is 42.3 Å². The molecule has 0 radical (unpaired) electrons. The Morgan fingerprint density at radius 2 is 1.85 bits per heavy atom. The van der Waals surface area contributed by atoms with Crippen molar-refractivity contribution in [2.45, 2.75) is 11.9 Å². The minimum atomic E-state index is -0.462. The summed E-state index contributed by atoms with van der Waals surface area (Å²) < 4.78 is 10.9. The minimum absolute atomic E-state index is 0.0676. The molecule has 7 nitrogen and oxygen atoms in total. The van der Waals surface area contributed by atoms with Crippen LogP contribution < -0.4 is 20.5 Å². The maximum Gasteiger partial charge on any atom is 0.254 e. The van der Waals surface area contributed by atoms with Gasteiger partial charge in [-0.15, -0.1) is 0 Å². The molecular formula is C18H21N3O4S. The van der Waals surface area contributed by atoms with Gasteiger partial charge in [0.05, 0.1) is 24.5 Å². The molecular weight excluding hydrogens is 354 g/mol. The molecule has 0 aliphatic rings. The zero-order valence-corrected chi connectivity index (χ0v) is 15.3. The number of primary amides is 1. The SMILES string of the molecule is CCOc1ccc(OCCNC(=O)c2cccnc2SCC(N)=O)cc1. The van der Waals surface area contributed by atoms with Crippen LogP contribution in [0, 0.1) is 0 Å². The van der Waals surface area contributed by atoms with Crippen molar-refractivity contribution < 1.29 is 19.1 Å². The van der Waals surface area contributed by atoms with Crippen LogP contribution in [0.25, 0.3) is 0 Å². The average molecular weight is 375 g/mol. The molecule has 0 bridgehead atoms. The highest BCUT2D eigenvalue weighted by Gasteiger charge is 2.13. The molecule has 1 aromatic heterocycles. The summed E-state index contributed by atoms with van der Waals surface area (Å²) in [5.41, 5.74) is 5.54. The van der Waals surface area contributed by atoms with Crippen molar-refractivity contribution in [3.8, 4) is 11.5 Å². The summed E-state index contributed by atoms with van der Waals surface area (Å²) in [4.78, 5) is 27.3. The molecule has 0 spiro atoms. The first-order chi connectivity index (χ1) is 12.6. The minimum Gasteiger partial charge on any atom is -0.494 e. The first kappa shape index (κ1) is 19.6. The van der Waals surface area contributed by atoms with Crippen LogP contribution in [0.5, 0.6) is 11.5 Å². The zero-order chi connectivity index (χ0) is 18.8. The summed E-state index contributed by atoms with van der Waals surface area (Å²) in [6, 6.07) is 10.6. The second kappa shape index (κ2) is 10.3. The van der Waals surface area contributed by atoms with Crippen LogP contribution in [0.2, 0.25) is 0 Å². The summed E-state index contributed by atoms with van der Waals surface area (Å²) in [5.74, 6) is 0.807. The predicted octanol–water partition coefficient (Wildman–Crippen LogP) is 1.87. The quantitative estimate of drug-likeness (QED) is 0.485. The summed E-state index contributed by atoms with van der Waals surface area (Å²) in [5, 5.41) is 3.24. The van der Waals surface area contributed by atoms with Crippen molar-refractivity contribution >= 4 is 23.6 Å². The van der Waals surface area contributed by atoms with Crippen molar-refractivity contribution in [3.63, 3.8) is 0 Å². The van der Waals surface area contributed by atoms with E-state index in [0.29, 0.717) is 36.1 Å². The van der Waals surface area contributed by atoms with Crippen molar-refractivity contribution in [1.29, 1.82) is 0 Å². The normalized spacial score (nSPS) is 10.2. The number of rotatable bonds is 10. The molecule has 2 rings (SSSR count). The molecule has 3 N–H and O–H groups in total. The number of carbonyl (C=O) groups is 2. The van der Waals surface area contributed by atoms with E-state index < -0.39 is 5.91 Å². The van der Waals surface area contributed by atoms with E-state index in [-0.39, 0.29) is 11.7 Å². The second-order valence-electron chi connectivity index (χ2n) is 5.12. The first-order valence-corrected chi connectivity index (χ1v) is 9.08. The lowest BCUT2D eigenvalue weighted by Gasteiger charge is -2.10. The second-order valence-corrected chi connectivity index (χ2v) is 6.08. The lowest BCUT2D eigenvalue weighted by Crippen LogP contribution is -2.28. The number of nitrogens with two attached hydrogens (primary N) is 1. The molecule has 0 saturated heterocycles. The number of nitrogens with zero attached hydrogens (tertiary/aromatic N) is 1. The molecule has 26 heavy (non-hydrogen) atoms. The highest BCUT2D eigenvalue weighted by Crippen LogP contribution is 2.19. The van der Waals surface area contributed by atoms with Gasteiger partial charge in [0.1, 0.15) is 23.1 Å².